The number of hydrogen-bond donors (Lipinski definition) is 2. The van der Waals surface area contributed by atoms with Gasteiger partial charge in [0.05, 0.1) is 6.10 Å². The molecule has 3 heteroatoms. The lowest BCUT2D eigenvalue weighted by Gasteiger charge is -2.14. The summed E-state index contributed by atoms with van der Waals surface area (Å²) in [7, 11) is 0. The van der Waals surface area contributed by atoms with Crippen LogP contribution in [-0.4, -0.2) is 11.7 Å². The fourth-order valence-electron chi connectivity index (χ4n) is 1.82. The van der Waals surface area contributed by atoms with Crippen molar-refractivity contribution in [3.8, 4) is 0 Å². The topological polar surface area (TPSA) is 32.3 Å². The zero-order valence-corrected chi connectivity index (χ0v) is 11.0. The lowest BCUT2D eigenvalue weighted by molar-refractivity contribution is 0.192. The number of aryl methyl sites for hydroxylation is 1. The Kier molecular flexibility index (Phi) is 4.24. The Labute approximate surface area is 112 Å². The van der Waals surface area contributed by atoms with Gasteiger partial charge in [-0.1, -0.05) is 41.9 Å². The molecule has 2 rings (SSSR count). The van der Waals surface area contributed by atoms with Crippen LogP contribution in [0.1, 0.15) is 17.2 Å². The van der Waals surface area contributed by atoms with Crippen molar-refractivity contribution < 1.29 is 5.11 Å². The molecule has 0 fully saturated rings. The van der Waals surface area contributed by atoms with Gasteiger partial charge in [-0.15, -0.1) is 0 Å². The molecular formula is C15H16ClNO. The van der Waals surface area contributed by atoms with E-state index in [0.717, 1.165) is 11.3 Å². The minimum absolute atomic E-state index is 0.438. The summed E-state index contributed by atoms with van der Waals surface area (Å²) in [6.07, 6.45) is -0.612. The molecule has 0 saturated heterocycles. The zero-order valence-electron chi connectivity index (χ0n) is 10.2. The van der Waals surface area contributed by atoms with Crippen LogP contribution in [0.25, 0.3) is 0 Å². The lowest BCUT2D eigenvalue weighted by atomic mass is 10.1. The molecule has 0 radical (unpaired) electrons. The average Bonchev–Trinajstić information content (AvgIpc) is 2.37. The molecule has 0 aromatic heterocycles. The maximum Gasteiger partial charge on any atom is 0.0976 e. The Morgan fingerprint density at radius 1 is 1.17 bits per heavy atom. The van der Waals surface area contributed by atoms with Crippen molar-refractivity contribution in [2.75, 3.05) is 11.9 Å². The van der Waals surface area contributed by atoms with Gasteiger partial charge in [0, 0.05) is 22.8 Å². The Hall–Kier alpha value is -1.51. The third-order valence-electron chi connectivity index (χ3n) is 2.78. The Bertz CT molecular complexity index is 527. The summed E-state index contributed by atoms with van der Waals surface area (Å²) in [5, 5.41) is 13.9. The van der Waals surface area contributed by atoms with Crippen LogP contribution in [0.2, 0.25) is 5.02 Å². The van der Waals surface area contributed by atoms with Crippen LogP contribution in [-0.2, 0) is 0 Å². The second-order valence-electron chi connectivity index (χ2n) is 4.29. The van der Waals surface area contributed by atoms with Crippen molar-refractivity contribution >= 4 is 17.3 Å². The summed E-state index contributed by atoms with van der Waals surface area (Å²) in [6.45, 7) is 2.48. The Morgan fingerprint density at radius 3 is 2.67 bits per heavy atom. The van der Waals surface area contributed by atoms with Crippen LogP contribution in [0.4, 0.5) is 5.69 Å². The Balaban J connectivity index is 2.00. The van der Waals surface area contributed by atoms with E-state index in [9.17, 15) is 5.11 Å². The summed E-state index contributed by atoms with van der Waals surface area (Å²) in [5.41, 5.74) is 2.94. The molecule has 0 bridgehead atoms. The van der Waals surface area contributed by atoms with Gasteiger partial charge in [0.2, 0.25) is 0 Å². The monoisotopic (exact) mass is 261 g/mol. The van der Waals surface area contributed by atoms with Crippen LogP contribution < -0.4 is 5.32 Å². The number of hydrogen-bond acceptors (Lipinski definition) is 2. The van der Waals surface area contributed by atoms with Crippen molar-refractivity contribution in [2.45, 2.75) is 13.0 Å². The summed E-state index contributed by atoms with van der Waals surface area (Å²) in [5.74, 6) is 0. The first kappa shape index (κ1) is 12.9. The molecule has 1 unspecified atom stereocenters. The fourth-order valence-corrected chi connectivity index (χ4v) is 2.09. The van der Waals surface area contributed by atoms with Crippen LogP contribution in [0.5, 0.6) is 0 Å². The average molecular weight is 262 g/mol. The highest BCUT2D eigenvalue weighted by Gasteiger charge is 2.10. The van der Waals surface area contributed by atoms with Gasteiger partial charge in [0.1, 0.15) is 0 Å². The van der Waals surface area contributed by atoms with Crippen molar-refractivity contribution in [3.05, 3.63) is 64.7 Å². The first-order chi connectivity index (χ1) is 8.66. The quantitative estimate of drug-likeness (QED) is 0.878. The fraction of sp³-hybridized carbons (Fsp3) is 0.200. The number of aliphatic hydroxyl groups excluding tert-OH is 1. The third kappa shape index (κ3) is 3.25. The standard InChI is InChI=1S/C15H16ClNO/c1-11-5-4-6-12(9-11)17-10-15(18)13-7-2-3-8-14(13)16/h2-9,15,17-18H,10H2,1H3. The van der Waals surface area contributed by atoms with Crippen LogP contribution in [0.3, 0.4) is 0 Å². The third-order valence-corrected chi connectivity index (χ3v) is 3.13. The van der Waals surface area contributed by atoms with E-state index in [1.807, 2.05) is 49.4 Å². The van der Waals surface area contributed by atoms with E-state index in [4.69, 9.17) is 11.6 Å². The normalized spacial score (nSPS) is 12.2. The highest BCUT2D eigenvalue weighted by atomic mass is 35.5. The predicted octanol–water partition coefficient (Wildman–Crippen LogP) is 3.79. The van der Waals surface area contributed by atoms with Gasteiger partial charge < -0.3 is 10.4 Å². The van der Waals surface area contributed by atoms with E-state index < -0.39 is 6.10 Å². The molecule has 2 nitrogen and oxygen atoms in total. The van der Waals surface area contributed by atoms with Gasteiger partial charge in [-0.3, -0.25) is 0 Å². The zero-order chi connectivity index (χ0) is 13.0. The van der Waals surface area contributed by atoms with E-state index in [2.05, 4.69) is 5.32 Å². The van der Waals surface area contributed by atoms with E-state index >= 15 is 0 Å². The summed E-state index contributed by atoms with van der Waals surface area (Å²) in [4.78, 5) is 0. The van der Waals surface area contributed by atoms with Crippen molar-refractivity contribution in [3.63, 3.8) is 0 Å². The minimum atomic E-state index is -0.612. The van der Waals surface area contributed by atoms with Gasteiger partial charge in [0.15, 0.2) is 0 Å². The summed E-state index contributed by atoms with van der Waals surface area (Å²) in [6, 6.07) is 15.4. The molecule has 2 N–H and O–H groups in total. The van der Waals surface area contributed by atoms with Gasteiger partial charge >= 0.3 is 0 Å². The SMILES string of the molecule is Cc1cccc(NCC(O)c2ccccc2Cl)c1. The molecule has 18 heavy (non-hydrogen) atoms. The molecule has 1 atom stereocenters. The number of nitrogens with one attached hydrogen (secondary N) is 1. The molecule has 0 heterocycles. The van der Waals surface area contributed by atoms with Crippen molar-refractivity contribution in [1.29, 1.82) is 0 Å². The van der Waals surface area contributed by atoms with E-state index in [1.165, 1.54) is 5.56 Å². The maximum absolute atomic E-state index is 10.1. The summed E-state index contributed by atoms with van der Waals surface area (Å²) >= 11 is 6.04. The van der Waals surface area contributed by atoms with Gasteiger partial charge in [-0.05, 0) is 30.7 Å². The predicted molar refractivity (Wildman–Crippen MR) is 76.1 cm³/mol. The molecule has 94 valence electrons. The largest absolute Gasteiger partial charge is 0.387 e. The lowest BCUT2D eigenvalue weighted by Crippen LogP contribution is -2.12. The van der Waals surface area contributed by atoms with E-state index in [0.29, 0.717) is 11.6 Å². The number of anilines is 1. The summed E-state index contributed by atoms with van der Waals surface area (Å²) < 4.78 is 0. The molecule has 0 aliphatic heterocycles. The second-order valence-corrected chi connectivity index (χ2v) is 4.69. The molecule has 0 saturated carbocycles. The smallest absolute Gasteiger partial charge is 0.0976 e. The van der Waals surface area contributed by atoms with Crippen molar-refractivity contribution in [1.82, 2.24) is 0 Å². The molecule has 0 spiro atoms. The highest BCUT2D eigenvalue weighted by Crippen LogP contribution is 2.23. The molecule has 0 aliphatic carbocycles. The molecule has 2 aromatic rings. The first-order valence-electron chi connectivity index (χ1n) is 5.90. The molecular weight excluding hydrogens is 246 g/mol. The molecule has 2 aromatic carbocycles. The van der Waals surface area contributed by atoms with E-state index in [1.54, 1.807) is 6.07 Å². The van der Waals surface area contributed by atoms with Gasteiger partial charge in [-0.25, -0.2) is 0 Å². The molecule has 0 amide bonds. The van der Waals surface area contributed by atoms with Gasteiger partial charge in [-0.2, -0.15) is 0 Å². The molecule has 0 aliphatic rings. The van der Waals surface area contributed by atoms with Gasteiger partial charge in [0.25, 0.3) is 0 Å². The highest BCUT2D eigenvalue weighted by molar-refractivity contribution is 6.31. The second kappa shape index (κ2) is 5.89. The number of benzene rings is 2. The Morgan fingerprint density at radius 2 is 1.94 bits per heavy atom. The van der Waals surface area contributed by atoms with Crippen LogP contribution >= 0.6 is 11.6 Å². The number of rotatable bonds is 4. The van der Waals surface area contributed by atoms with Crippen LogP contribution in [0, 0.1) is 6.92 Å². The van der Waals surface area contributed by atoms with Crippen molar-refractivity contribution in [2.24, 2.45) is 0 Å². The number of aliphatic hydroxyl groups is 1. The minimum Gasteiger partial charge on any atom is -0.387 e. The van der Waals surface area contributed by atoms with Crippen LogP contribution in [0.15, 0.2) is 48.5 Å². The maximum atomic E-state index is 10.1. The number of halogens is 1. The first-order valence-corrected chi connectivity index (χ1v) is 6.27. The van der Waals surface area contributed by atoms with E-state index in [-0.39, 0.29) is 0 Å².